The van der Waals surface area contributed by atoms with Crippen molar-refractivity contribution in [3.05, 3.63) is 57.8 Å². The van der Waals surface area contributed by atoms with Gasteiger partial charge in [0.1, 0.15) is 11.6 Å². The van der Waals surface area contributed by atoms with Gasteiger partial charge in [-0.25, -0.2) is 4.39 Å². The summed E-state index contributed by atoms with van der Waals surface area (Å²) in [5.41, 5.74) is 3.04. The number of methoxy groups -OCH3 is 1. The van der Waals surface area contributed by atoms with Crippen LogP contribution in [0.1, 0.15) is 30.0 Å². The van der Waals surface area contributed by atoms with E-state index in [1.807, 2.05) is 12.1 Å². The molecule has 1 aliphatic rings. The van der Waals surface area contributed by atoms with E-state index < -0.39 is 0 Å². The first kappa shape index (κ1) is 14.4. The molecule has 110 valence electrons. The summed E-state index contributed by atoms with van der Waals surface area (Å²) in [6, 6.07) is 11.3. The zero-order chi connectivity index (χ0) is 14.8. The summed E-state index contributed by atoms with van der Waals surface area (Å²) in [6.45, 7) is 0. The van der Waals surface area contributed by atoms with E-state index in [1.165, 1.54) is 17.2 Å². The van der Waals surface area contributed by atoms with Gasteiger partial charge in [0.2, 0.25) is 0 Å². The standard InChI is InChI=1S/C17H17BrFNO/c1-21-12-9-8-11-4-2-7-16(13(11)10-12)20-17-14(18)5-3-6-15(17)19/h3,5-6,8-10,16,20H,2,4,7H2,1H3. The molecule has 2 nitrogen and oxygen atoms in total. The van der Waals surface area contributed by atoms with Crippen LogP contribution in [0.2, 0.25) is 0 Å². The molecule has 1 atom stereocenters. The molecule has 0 radical (unpaired) electrons. The van der Waals surface area contributed by atoms with E-state index >= 15 is 0 Å². The number of benzene rings is 2. The second kappa shape index (κ2) is 6.06. The van der Waals surface area contributed by atoms with Gasteiger partial charge >= 0.3 is 0 Å². The Hall–Kier alpha value is -1.55. The van der Waals surface area contributed by atoms with Crippen LogP contribution < -0.4 is 10.1 Å². The number of aryl methyl sites for hydroxylation is 1. The van der Waals surface area contributed by atoms with Gasteiger partial charge in [0.25, 0.3) is 0 Å². The first-order valence-electron chi connectivity index (χ1n) is 7.06. The Bertz CT molecular complexity index is 639. The Morgan fingerprint density at radius 3 is 2.90 bits per heavy atom. The predicted octanol–water partition coefficient (Wildman–Crippen LogP) is 5.09. The lowest BCUT2D eigenvalue weighted by atomic mass is 9.87. The summed E-state index contributed by atoms with van der Waals surface area (Å²) in [5.74, 6) is 0.606. The van der Waals surface area contributed by atoms with Gasteiger partial charge in [0.15, 0.2) is 0 Å². The van der Waals surface area contributed by atoms with Crippen LogP contribution >= 0.6 is 15.9 Å². The number of ether oxygens (including phenoxy) is 1. The third-order valence-corrected chi connectivity index (χ3v) is 4.61. The van der Waals surface area contributed by atoms with Crippen LogP contribution in [0.25, 0.3) is 0 Å². The van der Waals surface area contributed by atoms with Crippen LogP contribution in [0.4, 0.5) is 10.1 Å². The van der Waals surface area contributed by atoms with Gasteiger partial charge in [-0.3, -0.25) is 0 Å². The minimum atomic E-state index is -0.237. The first-order chi connectivity index (χ1) is 10.2. The van der Waals surface area contributed by atoms with Crippen LogP contribution in [0.3, 0.4) is 0 Å². The minimum absolute atomic E-state index is 0.108. The lowest BCUT2D eigenvalue weighted by molar-refractivity contribution is 0.413. The molecule has 0 saturated carbocycles. The maximum absolute atomic E-state index is 14.0. The molecular formula is C17H17BrFNO. The first-order valence-corrected chi connectivity index (χ1v) is 7.85. The summed E-state index contributed by atoms with van der Waals surface area (Å²) in [7, 11) is 1.67. The largest absolute Gasteiger partial charge is 0.497 e. The molecule has 0 aliphatic heterocycles. The summed E-state index contributed by atoms with van der Waals surface area (Å²) in [6.07, 6.45) is 3.15. The minimum Gasteiger partial charge on any atom is -0.497 e. The van der Waals surface area contributed by atoms with Gasteiger partial charge in [-0.05, 0) is 70.6 Å². The van der Waals surface area contributed by atoms with Crippen molar-refractivity contribution in [3.8, 4) is 5.75 Å². The topological polar surface area (TPSA) is 21.3 Å². The second-order valence-electron chi connectivity index (χ2n) is 5.25. The second-order valence-corrected chi connectivity index (χ2v) is 6.10. The molecule has 21 heavy (non-hydrogen) atoms. The van der Waals surface area contributed by atoms with Crippen molar-refractivity contribution >= 4 is 21.6 Å². The van der Waals surface area contributed by atoms with Crippen molar-refractivity contribution in [2.75, 3.05) is 12.4 Å². The third-order valence-electron chi connectivity index (χ3n) is 3.95. The molecule has 3 rings (SSSR count). The number of hydrogen-bond donors (Lipinski definition) is 1. The summed E-state index contributed by atoms with van der Waals surface area (Å²) in [4.78, 5) is 0. The number of rotatable bonds is 3. The highest BCUT2D eigenvalue weighted by Crippen LogP contribution is 2.37. The monoisotopic (exact) mass is 349 g/mol. The number of hydrogen-bond acceptors (Lipinski definition) is 2. The van der Waals surface area contributed by atoms with Gasteiger partial charge < -0.3 is 10.1 Å². The Balaban J connectivity index is 1.95. The molecule has 4 heteroatoms. The molecule has 2 aromatic carbocycles. The molecular weight excluding hydrogens is 333 g/mol. The Labute approximate surface area is 132 Å². The van der Waals surface area contributed by atoms with Crippen molar-refractivity contribution in [1.82, 2.24) is 0 Å². The fourth-order valence-electron chi connectivity index (χ4n) is 2.86. The number of para-hydroxylation sites is 1. The molecule has 1 aliphatic carbocycles. The third kappa shape index (κ3) is 2.91. The highest BCUT2D eigenvalue weighted by molar-refractivity contribution is 9.10. The maximum Gasteiger partial charge on any atom is 0.147 e. The van der Waals surface area contributed by atoms with Crippen LogP contribution in [0.15, 0.2) is 40.9 Å². The highest BCUT2D eigenvalue weighted by atomic mass is 79.9. The molecule has 0 heterocycles. The Morgan fingerprint density at radius 2 is 2.14 bits per heavy atom. The van der Waals surface area contributed by atoms with E-state index in [0.29, 0.717) is 5.69 Å². The number of anilines is 1. The lowest BCUT2D eigenvalue weighted by Gasteiger charge is -2.28. The summed E-state index contributed by atoms with van der Waals surface area (Å²) in [5, 5.41) is 3.35. The quantitative estimate of drug-likeness (QED) is 0.833. The van der Waals surface area contributed by atoms with Gasteiger partial charge in [0, 0.05) is 4.47 Å². The van der Waals surface area contributed by atoms with E-state index in [2.05, 4.69) is 33.4 Å². The van der Waals surface area contributed by atoms with Crippen LogP contribution in [0.5, 0.6) is 5.75 Å². The molecule has 0 bridgehead atoms. The number of halogens is 2. The normalized spacial score (nSPS) is 17.2. The van der Waals surface area contributed by atoms with Gasteiger partial charge in [-0.15, -0.1) is 0 Å². The molecule has 2 aromatic rings. The summed E-state index contributed by atoms with van der Waals surface area (Å²) >= 11 is 3.41. The van der Waals surface area contributed by atoms with E-state index in [-0.39, 0.29) is 11.9 Å². The van der Waals surface area contributed by atoms with E-state index in [0.717, 1.165) is 29.5 Å². The molecule has 0 spiro atoms. The smallest absolute Gasteiger partial charge is 0.147 e. The predicted molar refractivity (Wildman–Crippen MR) is 86.4 cm³/mol. The summed E-state index contributed by atoms with van der Waals surface area (Å²) < 4.78 is 20.1. The fraction of sp³-hybridized carbons (Fsp3) is 0.294. The molecule has 0 amide bonds. The number of nitrogens with one attached hydrogen (secondary N) is 1. The van der Waals surface area contributed by atoms with Crippen molar-refractivity contribution < 1.29 is 9.13 Å². The van der Waals surface area contributed by atoms with Gasteiger partial charge in [-0.1, -0.05) is 12.1 Å². The Morgan fingerprint density at radius 1 is 1.29 bits per heavy atom. The van der Waals surface area contributed by atoms with Crippen molar-refractivity contribution in [1.29, 1.82) is 0 Å². The van der Waals surface area contributed by atoms with Crippen LogP contribution in [-0.2, 0) is 6.42 Å². The molecule has 0 saturated heterocycles. The molecule has 1 N–H and O–H groups in total. The van der Waals surface area contributed by atoms with Gasteiger partial charge in [-0.2, -0.15) is 0 Å². The van der Waals surface area contributed by atoms with Crippen molar-refractivity contribution in [2.24, 2.45) is 0 Å². The van der Waals surface area contributed by atoms with Gasteiger partial charge in [0.05, 0.1) is 18.8 Å². The van der Waals surface area contributed by atoms with Crippen LogP contribution in [-0.4, -0.2) is 7.11 Å². The molecule has 0 fully saturated rings. The zero-order valence-electron chi connectivity index (χ0n) is 11.8. The fourth-order valence-corrected chi connectivity index (χ4v) is 3.32. The average Bonchev–Trinajstić information content (AvgIpc) is 2.50. The SMILES string of the molecule is COc1ccc2c(c1)C(Nc1c(F)cccc1Br)CCC2. The number of fused-ring (bicyclic) bond motifs is 1. The van der Waals surface area contributed by atoms with Crippen molar-refractivity contribution in [2.45, 2.75) is 25.3 Å². The van der Waals surface area contributed by atoms with E-state index in [4.69, 9.17) is 4.74 Å². The maximum atomic E-state index is 14.0. The van der Waals surface area contributed by atoms with E-state index in [1.54, 1.807) is 13.2 Å². The zero-order valence-corrected chi connectivity index (χ0v) is 13.4. The Kier molecular flexibility index (Phi) is 4.15. The van der Waals surface area contributed by atoms with E-state index in [9.17, 15) is 4.39 Å². The van der Waals surface area contributed by atoms with Crippen molar-refractivity contribution in [3.63, 3.8) is 0 Å². The molecule has 1 unspecified atom stereocenters. The highest BCUT2D eigenvalue weighted by Gasteiger charge is 2.22. The lowest BCUT2D eigenvalue weighted by Crippen LogP contribution is -2.18. The molecule has 0 aromatic heterocycles. The average molecular weight is 350 g/mol. The van der Waals surface area contributed by atoms with Crippen LogP contribution in [0, 0.1) is 5.82 Å².